The summed E-state index contributed by atoms with van der Waals surface area (Å²) in [4.78, 5) is 14.1. The van der Waals surface area contributed by atoms with Gasteiger partial charge in [-0.15, -0.1) is 0 Å². The molecule has 0 radical (unpaired) electrons. The van der Waals surface area contributed by atoms with E-state index in [-0.39, 0.29) is 11.9 Å². The summed E-state index contributed by atoms with van der Waals surface area (Å²) in [5, 5.41) is 0.677. The Morgan fingerprint density at radius 1 is 1.12 bits per heavy atom. The molecular weight excluding hydrogens is 326 g/mol. The summed E-state index contributed by atoms with van der Waals surface area (Å²) >= 11 is 6.02. The Kier molecular flexibility index (Phi) is 4.67. The third-order valence-corrected chi connectivity index (χ3v) is 4.72. The maximum absolute atomic E-state index is 12.2. The van der Waals surface area contributed by atoms with Crippen LogP contribution < -0.4 is 9.47 Å². The van der Waals surface area contributed by atoms with Crippen molar-refractivity contribution in [1.82, 2.24) is 4.90 Å². The standard InChI is InChI=1S/C19H20ClNO3/c1-12(22)21-9-8-14-10-17(23-2)18(24-3)11-16(14)19(21)13-4-6-15(20)7-5-13/h4-7,10-11,19H,8-9H2,1-3H3/t19-/m1/s1. The molecule has 3 rings (SSSR count). The van der Waals surface area contributed by atoms with Gasteiger partial charge in [-0.25, -0.2) is 0 Å². The molecule has 24 heavy (non-hydrogen) atoms. The quantitative estimate of drug-likeness (QED) is 0.848. The van der Waals surface area contributed by atoms with Gasteiger partial charge in [-0.2, -0.15) is 0 Å². The fourth-order valence-corrected chi connectivity index (χ4v) is 3.42. The van der Waals surface area contributed by atoms with Gasteiger partial charge in [-0.1, -0.05) is 23.7 Å². The van der Waals surface area contributed by atoms with E-state index in [4.69, 9.17) is 21.1 Å². The highest BCUT2D eigenvalue weighted by Crippen LogP contribution is 2.41. The summed E-state index contributed by atoms with van der Waals surface area (Å²) in [7, 11) is 3.25. The molecule has 1 aliphatic rings. The normalized spacial score (nSPS) is 16.5. The topological polar surface area (TPSA) is 38.8 Å². The van der Waals surface area contributed by atoms with Crippen molar-refractivity contribution in [1.29, 1.82) is 0 Å². The number of rotatable bonds is 3. The monoisotopic (exact) mass is 345 g/mol. The Labute approximate surface area is 146 Å². The molecule has 4 nitrogen and oxygen atoms in total. The Morgan fingerprint density at radius 3 is 2.33 bits per heavy atom. The van der Waals surface area contributed by atoms with Gasteiger partial charge in [0.25, 0.3) is 0 Å². The first-order chi connectivity index (χ1) is 11.5. The minimum absolute atomic E-state index is 0.0513. The zero-order valence-corrected chi connectivity index (χ0v) is 14.8. The highest BCUT2D eigenvalue weighted by Gasteiger charge is 2.31. The molecule has 1 amide bonds. The number of ether oxygens (including phenoxy) is 2. The largest absolute Gasteiger partial charge is 0.493 e. The van der Waals surface area contributed by atoms with Crippen LogP contribution in [-0.4, -0.2) is 31.6 Å². The van der Waals surface area contributed by atoms with Gasteiger partial charge in [0.05, 0.1) is 20.3 Å². The second-order valence-electron chi connectivity index (χ2n) is 5.82. The Morgan fingerprint density at radius 2 is 1.75 bits per heavy atom. The van der Waals surface area contributed by atoms with E-state index in [2.05, 4.69) is 0 Å². The van der Waals surface area contributed by atoms with E-state index in [1.165, 1.54) is 5.56 Å². The second kappa shape index (κ2) is 6.73. The van der Waals surface area contributed by atoms with Crippen molar-refractivity contribution in [2.45, 2.75) is 19.4 Å². The van der Waals surface area contributed by atoms with Gasteiger partial charge in [0, 0.05) is 18.5 Å². The van der Waals surface area contributed by atoms with Gasteiger partial charge in [0.15, 0.2) is 11.5 Å². The molecule has 5 heteroatoms. The number of amides is 1. The van der Waals surface area contributed by atoms with E-state index >= 15 is 0 Å². The molecule has 0 unspecified atom stereocenters. The van der Waals surface area contributed by atoms with E-state index in [0.29, 0.717) is 23.1 Å². The van der Waals surface area contributed by atoms with Gasteiger partial charge in [0.1, 0.15) is 0 Å². The van der Waals surface area contributed by atoms with Gasteiger partial charge < -0.3 is 14.4 Å². The Hall–Kier alpha value is -2.20. The molecule has 0 spiro atoms. The van der Waals surface area contributed by atoms with Crippen LogP contribution in [0.3, 0.4) is 0 Å². The molecular formula is C19H20ClNO3. The molecule has 2 aromatic carbocycles. The van der Waals surface area contributed by atoms with Crippen LogP contribution in [0.4, 0.5) is 0 Å². The van der Waals surface area contributed by atoms with E-state index in [0.717, 1.165) is 17.5 Å². The summed E-state index contributed by atoms with van der Waals surface area (Å²) in [6, 6.07) is 11.5. The Balaban J connectivity index is 2.16. The van der Waals surface area contributed by atoms with E-state index in [1.807, 2.05) is 41.3 Å². The van der Waals surface area contributed by atoms with E-state index in [9.17, 15) is 4.79 Å². The summed E-state index contributed by atoms with van der Waals surface area (Å²) in [6.07, 6.45) is 0.791. The molecule has 1 heterocycles. The number of fused-ring (bicyclic) bond motifs is 1. The first kappa shape index (κ1) is 16.7. The number of nitrogens with zero attached hydrogens (tertiary/aromatic N) is 1. The van der Waals surface area contributed by atoms with Crippen LogP contribution in [0.25, 0.3) is 0 Å². The molecule has 1 aliphatic heterocycles. The van der Waals surface area contributed by atoms with Crippen LogP contribution in [0.5, 0.6) is 11.5 Å². The molecule has 0 fully saturated rings. The molecule has 0 N–H and O–H groups in total. The van der Waals surface area contributed by atoms with Gasteiger partial charge in [0.2, 0.25) is 5.91 Å². The lowest BCUT2D eigenvalue weighted by Crippen LogP contribution is -2.39. The van der Waals surface area contributed by atoms with Crippen molar-refractivity contribution >= 4 is 17.5 Å². The van der Waals surface area contributed by atoms with E-state index in [1.54, 1.807) is 21.1 Å². The summed E-state index contributed by atoms with van der Waals surface area (Å²) in [6.45, 7) is 2.28. The zero-order chi connectivity index (χ0) is 17.3. The zero-order valence-electron chi connectivity index (χ0n) is 14.0. The van der Waals surface area contributed by atoms with Crippen molar-refractivity contribution in [2.75, 3.05) is 20.8 Å². The molecule has 2 aromatic rings. The molecule has 0 saturated heterocycles. The van der Waals surface area contributed by atoms with Crippen molar-refractivity contribution in [2.24, 2.45) is 0 Å². The van der Waals surface area contributed by atoms with E-state index < -0.39 is 0 Å². The lowest BCUT2D eigenvalue weighted by molar-refractivity contribution is -0.130. The van der Waals surface area contributed by atoms with Gasteiger partial charge in [-0.05, 0) is 47.4 Å². The summed E-state index contributed by atoms with van der Waals surface area (Å²) < 4.78 is 10.9. The van der Waals surface area contributed by atoms with Crippen molar-refractivity contribution in [3.63, 3.8) is 0 Å². The molecule has 0 saturated carbocycles. The Bertz CT molecular complexity index is 758. The van der Waals surface area contributed by atoms with Crippen LogP contribution >= 0.6 is 11.6 Å². The van der Waals surface area contributed by atoms with Gasteiger partial charge in [-0.3, -0.25) is 4.79 Å². The lowest BCUT2D eigenvalue weighted by atomic mass is 9.87. The van der Waals surface area contributed by atoms with Crippen molar-refractivity contribution in [3.8, 4) is 11.5 Å². The van der Waals surface area contributed by atoms with Crippen LogP contribution in [0.2, 0.25) is 5.02 Å². The number of benzene rings is 2. The third-order valence-electron chi connectivity index (χ3n) is 4.46. The number of hydrogen-bond donors (Lipinski definition) is 0. The molecule has 0 bridgehead atoms. The predicted molar refractivity (Wildman–Crippen MR) is 93.9 cm³/mol. The number of methoxy groups -OCH3 is 2. The first-order valence-corrected chi connectivity index (χ1v) is 8.20. The van der Waals surface area contributed by atoms with Crippen molar-refractivity contribution in [3.05, 3.63) is 58.1 Å². The average molecular weight is 346 g/mol. The number of halogens is 1. The maximum Gasteiger partial charge on any atom is 0.220 e. The summed E-state index contributed by atoms with van der Waals surface area (Å²) in [5.41, 5.74) is 3.27. The smallest absolute Gasteiger partial charge is 0.220 e. The van der Waals surface area contributed by atoms with Crippen LogP contribution in [0, 0.1) is 0 Å². The highest BCUT2D eigenvalue weighted by atomic mass is 35.5. The second-order valence-corrected chi connectivity index (χ2v) is 6.26. The fraction of sp³-hybridized carbons (Fsp3) is 0.316. The minimum Gasteiger partial charge on any atom is -0.493 e. The van der Waals surface area contributed by atoms with Crippen molar-refractivity contribution < 1.29 is 14.3 Å². The first-order valence-electron chi connectivity index (χ1n) is 7.82. The SMILES string of the molecule is COc1cc2c(cc1OC)[C@@H](c1ccc(Cl)cc1)N(C(C)=O)CC2. The molecule has 0 aromatic heterocycles. The summed E-state index contributed by atoms with van der Waals surface area (Å²) in [5.74, 6) is 1.43. The number of hydrogen-bond acceptors (Lipinski definition) is 3. The fourth-order valence-electron chi connectivity index (χ4n) is 3.29. The third kappa shape index (κ3) is 2.94. The maximum atomic E-state index is 12.2. The molecule has 126 valence electrons. The molecule has 1 atom stereocenters. The number of carbonyl (C=O) groups excluding carboxylic acids is 1. The van der Waals surface area contributed by atoms with Crippen LogP contribution in [0.1, 0.15) is 29.7 Å². The van der Waals surface area contributed by atoms with Crippen LogP contribution in [0.15, 0.2) is 36.4 Å². The lowest BCUT2D eigenvalue weighted by Gasteiger charge is -2.37. The average Bonchev–Trinajstić information content (AvgIpc) is 2.60. The highest BCUT2D eigenvalue weighted by molar-refractivity contribution is 6.30. The van der Waals surface area contributed by atoms with Crippen LogP contribution in [-0.2, 0) is 11.2 Å². The van der Waals surface area contributed by atoms with Gasteiger partial charge >= 0.3 is 0 Å². The predicted octanol–water partition coefficient (Wildman–Crippen LogP) is 3.85. The molecule has 0 aliphatic carbocycles. The number of carbonyl (C=O) groups is 1. The minimum atomic E-state index is -0.150.